The summed E-state index contributed by atoms with van der Waals surface area (Å²) in [5.41, 5.74) is 2.00. The molecule has 1 aromatic carbocycles. The van der Waals surface area contributed by atoms with E-state index < -0.39 is 0 Å². The summed E-state index contributed by atoms with van der Waals surface area (Å²) in [6.45, 7) is 8.45. The zero-order chi connectivity index (χ0) is 14.2. The van der Waals surface area contributed by atoms with Gasteiger partial charge >= 0.3 is 0 Å². The molecule has 0 bridgehead atoms. The number of hydrogen-bond acceptors (Lipinski definition) is 2. The van der Waals surface area contributed by atoms with Gasteiger partial charge in [0.15, 0.2) is 0 Å². The Morgan fingerprint density at radius 2 is 2.05 bits per heavy atom. The molecule has 2 unspecified atom stereocenters. The lowest BCUT2D eigenvalue weighted by Crippen LogP contribution is -2.38. The van der Waals surface area contributed by atoms with E-state index in [2.05, 4.69) is 50.4 Å². The van der Waals surface area contributed by atoms with E-state index in [1.54, 1.807) is 5.56 Å². The summed E-state index contributed by atoms with van der Waals surface area (Å²) in [6.07, 6.45) is 4.08. The quantitative estimate of drug-likeness (QED) is 0.816. The molecule has 1 saturated carbocycles. The van der Waals surface area contributed by atoms with Gasteiger partial charge in [-0.25, -0.2) is 0 Å². The van der Waals surface area contributed by atoms with Crippen LogP contribution in [0.15, 0.2) is 29.2 Å². The monoisotopic (exact) mass is 289 g/mol. The first-order valence-electron chi connectivity index (χ1n) is 8.03. The van der Waals surface area contributed by atoms with E-state index in [4.69, 9.17) is 0 Å². The van der Waals surface area contributed by atoms with E-state index in [0.29, 0.717) is 5.41 Å². The van der Waals surface area contributed by atoms with E-state index in [-0.39, 0.29) is 0 Å². The Hall–Kier alpha value is -0.470. The minimum Gasteiger partial charge on any atom is -0.313 e. The smallest absolute Gasteiger partial charge is 0.0107 e. The number of hydrogen-bond donors (Lipinski definition) is 1. The summed E-state index contributed by atoms with van der Waals surface area (Å²) in [5.74, 6) is 2.74. The number of rotatable bonds is 6. The molecule has 0 aromatic heterocycles. The maximum atomic E-state index is 3.77. The van der Waals surface area contributed by atoms with E-state index in [1.165, 1.54) is 36.5 Å². The van der Waals surface area contributed by atoms with Gasteiger partial charge in [-0.3, -0.25) is 0 Å². The lowest BCUT2D eigenvalue weighted by atomic mass is 9.71. The Kier molecular flexibility index (Phi) is 4.14. The zero-order valence-corrected chi connectivity index (χ0v) is 13.8. The van der Waals surface area contributed by atoms with Crippen LogP contribution < -0.4 is 5.32 Å². The molecule has 3 rings (SSSR count). The normalized spacial score (nSPS) is 24.7. The Morgan fingerprint density at radius 1 is 1.30 bits per heavy atom. The molecule has 110 valence electrons. The van der Waals surface area contributed by atoms with Crippen molar-refractivity contribution in [3.05, 3.63) is 29.8 Å². The second-order valence-electron chi connectivity index (χ2n) is 7.21. The maximum Gasteiger partial charge on any atom is 0.0107 e. The molecule has 2 aliphatic rings. The molecule has 0 saturated heterocycles. The topological polar surface area (TPSA) is 12.0 Å². The Labute approximate surface area is 127 Å². The molecule has 2 atom stereocenters. The largest absolute Gasteiger partial charge is 0.313 e. The average Bonchev–Trinajstić information content (AvgIpc) is 3.19. The Balaban J connectivity index is 1.70. The van der Waals surface area contributed by atoms with Crippen molar-refractivity contribution in [2.45, 2.75) is 56.9 Å². The fraction of sp³-hybridized carbons (Fsp3) is 0.667. The van der Waals surface area contributed by atoms with Crippen molar-refractivity contribution in [2.24, 2.45) is 11.3 Å². The van der Waals surface area contributed by atoms with Gasteiger partial charge in [0.1, 0.15) is 0 Å². The van der Waals surface area contributed by atoms with Crippen LogP contribution in [-0.2, 0) is 0 Å². The molecule has 1 aliphatic carbocycles. The van der Waals surface area contributed by atoms with E-state index >= 15 is 0 Å². The second kappa shape index (κ2) is 5.73. The number of nitrogens with one attached hydrogen (secondary N) is 1. The summed E-state index contributed by atoms with van der Waals surface area (Å²) >= 11 is 2.04. The molecule has 1 fully saturated rings. The van der Waals surface area contributed by atoms with Crippen LogP contribution in [-0.4, -0.2) is 18.3 Å². The lowest BCUT2D eigenvalue weighted by molar-refractivity contribution is 0.179. The highest BCUT2D eigenvalue weighted by molar-refractivity contribution is 7.99. The van der Waals surface area contributed by atoms with Crippen molar-refractivity contribution in [3.63, 3.8) is 0 Å². The van der Waals surface area contributed by atoms with Gasteiger partial charge in [-0.05, 0) is 48.1 Å². The SMILES string of the molecule is CC(C)C(C)(CNC1CC1)CC1CSc2ccccc21. The third-order valence-electron chi connectivity index (χ3n) is 5.28. The summed E-state index contributed by atoms with van der Waals surface area (Å²) in [6, 6.07) is 9.82. The van der Waals surface area contributed by atoms with Crippen molar-refractivity contribution < 1.29 is 0 Å². The standard InChI is InChI=1S/C18H27NS/c1-13(2)18(3,12-19-15-8-9-15)10-14-11-20-17-7-5-4-6-16(14)17/h4-7,13-15,19H,8-12H2,1-3H3. The maximum absolute atomic E-state index is 3.77. The molecule has 1 N–H and O–H groups in total. The molecular formula is C18H27NS. The number of benzene rings is 1. The number of fused-ring (bicyclic) bond motifs is 1. The molecule has 20 heavy (non-hydrogen) atoms. The van der Waals surface area contributed by atoms with Crippen LogP contribution in [0.2, 0.25) is 0 Å². The van der Waals surface area contributed by atoms with Crippen molar-refractivity contribution in [1.82, 2.24) is 5.32 Å². The lowest BCUT2D eigenvalue weighted by Gasteiger charge is -2.36. The van der Waals surface area contributed by atoms with Gasteiger partial charge in [0.05, 0.1) is 0 Å². The Bertz CT molecular complexity index is 466. The molecule has 1 aromatic rings. The third kappa shape index (κ3) is 3.07. The minimum atomic E-state index is 0.408. The van der Waals surface area contributed by atoms with Gasteiger partial charge in [-0.2, -0.15) is 0 Å². The molecule has 1 nitrogen and oxygen atoms in total. The average molecular weight is 289 g/mol. The van der Waals surface area contributed by atoms with E-state index in [9.17, 15) is 0 Å². The van der Waals surface area contributed by atoms with E-state index in [0.717, 1.165) is 17.9 Å². The minimum absolute atomic E-state index is 0.408. The van der Waals surface area contributed by atoms with Crippen molar-refractivity contribution in [2.75, 3.05) is 12.3 Å². The van der Waals surface area contributed by atoms with Crippen LogP contribution in [0.5, 0.6) is 0 Å². The summed E-state index contributed by atoms with van der Waals surface area (Å²) in [7, 11) is 0. The molecule has 0 radical (unpaired) electrons. The molecule has 1 heterocycles. The van der Waals surface area contributed by atoms with Crippen molar-refractivity contribution >= 4 is 11.8 Å². The zero-order valence-electron chi connectivity index (χ0n) is 13.0. The first-order chi connectivity index (χ1) is 9.58. The molecular weight excluding hydrogens is 262 g/mol. The van der Waals surface area contributed by atoms with Gasteiger partial charge in [0.2, 0.25) is 0 Å². The Morgan fingerprint density at radius 3 is 2.75 bits per heavy atom. The summed E-state index contributed by atoms with van der Waals surface area (Å²) in [4.78, 5) is 1.51. The van der Waals surface area contributed by atoms with Gasteiger partial charge in [0, 0.05) is 23.2 Å². The molecule has 2 heteroatoms. The fourth-order valence-electron chi connectivity index (χ4n) is 3.14. The van der Waals surface area contributed by atoms with Crippen LogP contribution in [0, 0.1) is 11.3 Å². The molecule has 1 aliphatic heterocycles. The van der Waals surface area contributed by atoms with Crippen LogP contribution in [0.25, 0.3) is 0 Å². The number of thioether (sulfide) groups is 1. The summed E-state index contributed by atoms with van der Waals surface area (Å²) in [5, 5.41) is 3.77. The van der Waals surface area contributed by atoms with Gasteiger partial charge in [0.25, 0.3) is 0 Å². The fourth-order valence-corrected chi connectivity index (χ4v) is 4.39. The van der Waals surface area contributed by atoms with Crippen molar-refractivity contribution in [3.8, 4) is 0 Å². The van der Waals surface area contributed by atoms with Gasteiger partial charge in [-0.1, -0.05) is 39.0 Å². The van der Waals surface area contributed by atoms with Crippen LogP contribution in [0.4, 0.5) is 0 Å². The highest BCUT2D eigenvalue weighted by Gasteiger charge is 2.36. The van der Waals surface area contributed by atoms with Gasteiger partial charge in [-0.15, -0.1) is 11.8 Å². The highest BCUT2D eigenvalue weighted by Crippen LogP contribution is 2.46. The predicted octanol–water partition coefficient (Wildman–Crippen LogP) is 4.68. The van der Waals surface area contributed by atoms with Crippen LogP contribution >= 0.6 is 11.8 Å². The molecule has 0 spiro atoms. The predicted molar refractivity (Wildman–Crippen MR) is 88.5 cm³/mol. The van der Waals surface area contributed by atoms with Crippen molar-refractivity contribution in [1.29, 1.82) is 0 Å². The summed E-state index contributed by atoms with van der Waals surface area (Å²) < 4.78 is 0. The third-order valence-corrected chi connectivity index (χ3v) is 6.53. The second-order valence-corrected chi connectivity index (χ2v) is 8.28. The van der Waals surface area contributed by atoms with Crippen LogP contribution in [0.3, 0.4) is 0 Å². The molecule has 0 amide bonds. The van der Waals surface area contributed by atoms with Gasteiger partial charge < -0.3 is 5.32 Å². The first kappa shape index (κ1) is 14.5. The highest BCUT2D eigenvalue weighted by atomic mass is 32.2. The van der Waals surface area contributed by atoms with E-state index in [1.807, 2.05) is 11.8 Å². The van der Waals surface area contributed by atoms with Crippen LogP contribution in [0.1, 0.15) is 51.5 Å². The first-order valence-corrected chi connectivity index (χ1v) is 9.02.